The van der Waals surface area contributed by atoms with Gasteiger partial charge in [0.25, 0.3) is 11.8 Å². The number of ether oxygens (including phenoxy) is 1. The molecule has 1 saturated heterocycles. The lowest BCUT2D eigenvalue weighted by molar-refractivity contribution is -0.144. The van der Waals surface area contributed by atoms with Crippen LogP contribution in [0.1, 0.15) is 54.4 Å². The molecule has 7 nitrogen and oxygen atoms in total. The third-order valence-electron chi connectivity index (χ3n) is 6.90. The van der Waals surface area contributed by atoms with E-state index < -0.39 is 28.8 Å². The number of hydrogen-bond donors (Lipinski definition) is 0. The second kappa shape index (κ2) is 12.1. The van der Waals surface area contributed by atoms with E-state index in [1.54, 1.807) is 0 Å². The van der Waals surface area contributed by atoms with Gasteiger partial charge in [0.1, 0.15) is 0 Å². The van der Waals surface area contributed by atoms with Crippen LogP contribution in [-0.4, -0.2) is 65.2 Å². The lowest BCUT2D eigenvalue weighted by atomic mass is 10.2. The van der Waals surface area contributed by atoms with Crippen LogP contribution in [0.25, 0.3) is 0 Å². The Bertz CT molecular complexity index is 536. The van der Waals surface area contributed by atoms with E-state index in [9.17, 15) is 14.4 Å². The van der Waals surface area contributed by atoms with Crippen LogP contribution in [-0.2, 0) is 28.0 Å². The van der Waals surface area contributed by atoms with Gasteiger partial charge in [0.2, 0.25) is 0 Å². The zero-order valence-electron chi connectivity index (χ0n) is 19.9. The molecule has 2 atom stereocenters. The third-order valence-corrected chi connectivity index (χ3v) is 16.1. The number of hydrogen-bond acceptors (Lipinski definition) is 6. The molecule has 0 spiro atoms. The first kappa shape index (κ1) is 27.0. The van der Waals surface area contributed by atoms with Crippen LogP contribution in [0.4, 0.5) is 0 Å². The van der Waals surface area contributed by atoms with Crippen LogP contribution >= 0.6 is 0 Å². The maximum absolute atomic E-state index is 13.3. The number of carbonyl (C=O) groups excluding carboxylic acids is 3. The molecule has 0 N–H and O–H groups in total. The molecule has 2 amide bonds. The van der Waals surface area contributed by atoms with E-state index in [-0.39, 0.29) is 30.7 Å². The lowest BCUT2D eigenvalue weighted by Gasteiger charge is -2.36. The number of amides is 2. The highest BCUT2D eigenvalue weighted by molar-refractivity contribution is 6.74. The molecule has 0 aromatic carbocycles. The second-order valence-corrected chi connectivity index (χ2v) is 17.5. The minimum atomic E-state index is -2.12. The van der Waals surface area contributed by atoms with Gasteiger partial charge in [0.15, 0.2) is 28.8 Å². The summed E-state index contributed by atoms with van der Waals surface area (Å²) in [6.45, 7) is 12.8. The zero-order chi connectivity index (χ0) is 22.9. The van der Waals surface area contributed by atoms with Crippen LogP contribution in [0.2, 0.25) is 36.3 Å². The fourth-order valence-electron chi connectivity index (χ4n) is 4.14. The van der Waals surface area contributed by atoms with Crippen molar-refractivity contribution < 1.29 is 28.0 Å². The minimum Gasteiger partial charge on any atom is -0.469 e. The average Bonchev–Trinajstić information content (AvgIpc) is 2.99. The predicted molar refractivity (Wildman–Crippen MR) is 122 cm³/mol. The fourth-order valence-corrected chi connectivity index (χ4v) is 9.67. The van der Waals surface area contributed by atoms with Crippen LogP contribution in [0, 0.1) is 0 Å². The SMILES string of the molecule is CC[Si](CC)(CC)O[C@H]1C(=O)N(CCCC(=O)OC)C(=O)[C@@H]1O[Si](CC)(CC)CC. The standard InChI is InChI=1S/C21H41NO6Si2/c1-8-29(9-2,10-3)27-18-19(28-30(11-4,12-5)13-6)21(25)22(20(18)24)16-14-15-17(23)26-7/h18-19H,8-16H2,1-7H3/t18-,19-/m1/s1. The summed E-state index contributed by atoms with van der Waals surface area (Å²) >= 11 is 0. The molecule has 1 rings (SSSR count). The summed E-state index contributed by atoms with van der Waals surface area (Å²) in [5, 5.41) is 0. The number of carbonyl (C=O) groups is 3. The number of esters is 1. The van der Waals surface area contributed by atoms with Crippen LogP contribution in [0.15, 0.2) is 0 Å². The molecule has 30 heavy (non-hydrogen) atoms. The van der Waals surface area contributed by atoms with Gasteiger partial charge in [-0.1, -0.05) is 41.5 Å². The molecule has 1 aliphatic rings. The first-order chi connectivity index (χ1) is 14.2. The molecule has 1 fully saturated rings. The summed E-state index contributed by atoms with van der Waals surface area (Å²) in [5.41, 5.74) is 0. The van der Waals surface area contributed by atoms with Crippen molar-refractivity contribution in [2.24, 2.45) is 0 Å². The van der Waals surface area contributed by atoms with E-state index in [1.165, 1.54) is 12.0 Å². The van der Waals surface area contributed by atoms with E-state index >= 15 is 0 Å². The molecule has 0 bridgehead atoms. The molecule has 0 saturated carbocycles. The normalized spacial score (nSPS) is 20.2. The van der Waals surface area contributed by atoms with Crippen molar-refractivity contribution in [3.8, 4) is 0 Å². The fraction of sp³-hybridized carbons (Fsp3) is 0.857. The first-order valence-corrected chi connectivity index (χ1v) is 16.6. The quantitative estimate of drug-likeness (QED) is 0.221. The van der Waals surface area contributed by atoms with Gasteiger partial charge in [0.05, 0.1) is 7.11 Å². The monoisotopic (exact) mass is 459 g/mol. The molecule has 0 radical (unpaired) electrons. The summed E-state index contributed by atoms with van der Waals surface area (Å²) < 4.78 is 17.7. The van der Waals surface area contributed by atoms with Crippen molar-refractivity contribution in [1.29, 1.82) is 0 Å². The molecule has 9 heteroatoms. The van der Waals surface area contributed by atoms with E-state index in [0.29, 0.717) is 6.42 Å². The van der Waals surface area contributed by atoms with Crippen LogP contribution < -0.4 is 0 Å². The smallest absolute Gasteiger partial charge is 0.305 e. The van der Waals surface area contributed by atoms with E-state index in [1.807, 2.05) is 0 Å². The van der Waals surface area contributed by atoms with E-state index in [4.69, 9.17) is 8.85 Å². The molecular formula is C21H41NO6Si2. The molecule has 0 unspecified atom stereocenters. The summed E-state index contributed by atoms with van der Waals surface area (Å²) in [6, 6.07) is 5.36. The number of nitrogens with zero attached hydrogens (tertiary/aromatic N) is 1. The second-order valence-electron chi connectivity index (χ2n) is 8.07. The lowest BCUT2D eigenvalue weighted by Crippen LogP contribution is -2.50. The van der Waals surface area contributed by atoms with Gasteiger partial charge < -0.3 is 13.6 Å². The van der Waals surface area contributed by atoms with Gasteiger partial charge in [-0.2, -0.15) is 0 Å². The maximum atomic E-state index is 13.3. The molecule has 1 heterocycles. The Kier molecular flexibility index (Phi) is 10.9. The summed E-state index contributed by atoms with van der Waals surface area (Å²) in [7, 11) is -2.92. The van der Waals surface area contributed by atoms with E-state index in [2.05, 4.69) is 46.3 Å². The minimum absolute atomic E-state index is 0.166. The Hall–Kier alpha value is -1.04. The Balaban J connectivity index is 3.18. The summed E-state index contributed by atoms with van der Waals surface area (Å²) in [6.07, 6.45) is -1.18. The highest BCUT2D eigenvalue weighted by atomic mass is 28.4. The number of rotatable bonds is 14. The van der Waals surface area contributed by atoms with E-state index in [0.717, 1.165) is 36.3 Å². The van der Waals surface area contributed by atoms with Gasteiger partial charge in [-0.15, -0.1) is 0 Å². The van der Waals surface area contributed by atoms with Gasteiger partial charge in [-0.05, 0) is 42.7 Å². The Morgan fingerprint density at radius 2 is 1.17 bits per heavy atom. The van der Waals surface area contributed by atoms with Gasteiger partial charge in [-0.25, -0.2) is 0 Å². The molecule has 174 valence electrons. The molecular weight excluding hydrogens is 418 g/mol. The van der Waals surface area contributed by atoms with Gasteiger partial charge in [-0.3, -0.25) is 19.3 Å². The number of imide groups is 1. The topological polar surface area (TPSA) is 82.1 Å². The molecule has 0 aromatic rings. The molecule has 0 aromatic heterocycles. The van der Waals surface area contributed by atoms with Gasteiger partial charge in [0, 0.05) is 13.0 Å². The largest absolute Gasteiger partial charge is 0.469 e. The Labute approximate surface area is 184 Å². The first-order valence-electron chi connectivity index (χ1n) is 11.5. The van der Waals surface area contributed by atoms with Gasteiger partial charge >= 0.3 is 5.97 Å². The molecule has 0 aliphatic carbocycles. The van der Waals surface area contributed by atoms with Crippen molar-refractivity contribution >= 4 is 34.4 Å². The predicted octanol–water partition coefficient (Wildman–Crippen LogP) is 4.09. The van der Waals surface area contributed by atoms with Crippen LogP contribution in [0.3, 0.4) is 0 Å². The maximum Gasteiger partial charge on any atom is 0.305 e. The van der Waals surface area contributed by atoms with Crippen molar-refractivity contribution in [1.82, 2.24) is 4.90 Å². The average molecular weight is 460 g/mol. The van der Waals surface area contributed by atoms with Crippen LogP contribution in [0.5, 0.6) is 0 Å². The van der Waals surface area contributed by atoms with Crippen molar-refractivity contribution in [2.75, 3.05) is 13.7 Å². The summed E-state index contributed by atoms with van der Waals surface area (Å²) in [4.78, 5) is 39.2. The Morgan fingerprint density at radius 1 is 0.800 bits per heavy atom. The van der Waals surface area contributed by atoms with Crippen molar-refractivity contribution in [3.05, 3.63) is 0 Å². The van der Waals surface area contributed by atoms with Crippen molar-refractivity contribution in [2.45, 2.75) is 103 Å². The number of likely N-dealkylation sites (tertiary alicyclic amines) is 1. The third kappa shape index (κ3) is 6.02. The highest BCUT2D eigenvalue weighted by Crippen LogP contribution is 2.33. The summed E-state index contributed by atoms with van der Waals surface area (Å²) in [5.74, 6) is -0.972. The Morgan fingerprint density at radius 3 is 1.47 bits per heavy atom. The molecule has 1 aliphatic heterocycles. The van der Waals surface area contributed by atoms with Crippen molar-refractivity contribution in [3.63, 3.8) is 0 Å². The number of methoxy groups -OCH3 is 1. The highest BCUT2D eigenvalue weighted by Gasteiger charge is 2.53. The zero-order valence-corrected chi connectivity index (χ0v) is 21.9.